The van der Waals surface area contributed by atoms with Crippen LogP contribution in [0.3, 0.4) is 0 Å². The average Bonchev–Trinajstić information content (AvgIpc) is 2.59. The normalized spacial score (nSPS) is 11.4. The largest absolute Gasteiger partial charge is 0.352 e. The van der Waals surface area contributed by atoms with Gasteiger partial charge in [-0.2, -0.15) is 0 Å². The zero-order chi connectivity index (χ0) is 19.2. The van der Waals surface area contributed by atoms with Gasteiger partial charge < -0.3 is 10.2 Å². The van der Waals surface area contributed by atoms with Crippen LogP contribution in [-0.4, -0.2) is 41.5 Å². The second-order valence-corrected chi connectivity index (χ2v) is 7.85. The molecule has 6 nitrogen and oxygen atoms in total. The Balaban J connectivity index is 2.13. The van der Waals surface area contributed by atoms with Gasteiger partial charge in [0, 0.05) is 13.0 Å². The van der Waals surface area contributed by atoms with Crippen LogP contribution in [0, 0.1) is 5.82 Å². The SMILES string of the molecule is C[NH+](C)CCCNC(=O)c1ccccc1NS(=O)(=O)c1ccc(F)cc1. The Morgan fingerprint density at radius 3 is 2.38 bits per heavy atom. The summed E-state index contributed by atoms with van der Waals surface area (Å²) >= 11 is 0. The zero-order valence-electron chi connectivity index (χ0n) is 14.8. The molecule has 0 bridgehead atoms. The summed E-state index contributed by atoms with van der Waals surface area (Å²) in [6, 6.07) is 10.8. The second kappa shape index (κ2) is 8.77. The Morgan fingerprint density at radius 1 is 1.08 bits per heavy atom. The Morgan fingerprint density at radius 2 is 1.73 bits per heavy atom. The summed E-state index contributed by atoms with van der Waals surface area (Å²) < 4.78 is 40.3. The number of carbonyl (C=O) groups is 1. The molecule has 3 N–H and O–H groups in total. The number of hydrogen-bond donors (Lipinski definition) is 3. The molecule has 2 aromatic rings. The Hall–Kier alpha value is -2.45. The second-order valence-electron chi connectivity index (χ2n) is 6.17. The number of benzene rings is 2. The molecule has 0 fully saturated rings. The van der Waals surface area contributed by atoms with Crippen LogP contribution in [-0.2, 0) is 10.0 Å². The first-order valence-corrected chi connectivity index (χ1v) is 9.72. The van der Waals surface area contributed by atoms with Crippen LogP contribution < -0.4 is 14.9 Å². The van der Waals surface area contributed by atoms with Gasteiger partial charge in [-0.3, -0.25) is 9.52 Å². The molecule has 0 aliphatic carbocycles. The summed E-state index contributed by atoms with van der Waals surface area (Å²) in [6.45, 7) is 1.42. The summed E-state index contributed by atoms with van der Waals surface area (Å²) in [6.07, 6.45) is 0.817. The van der Waals surface area contributed by atoms with Crippen LogP contribution in [0.15, 0.2) is 53.4 Å². The maximum Gasteiger partial charge on any atom is 0.261 e. The van der Waals surface area contributed by atoms with E-state index >= 15 is 0 Å². The van der Waals surface area contributed by atoms with Crippen molar-refractivity contribution in [3.63, 3.8) is 0 Å². The molecule has 0 unspecified atom stereocenters. The first-order valence-electron chi connectivity index (χ1n) is 8.24. The first-order chi connectivity index (χ1) is 12.3. The third-order valence-corrected chi connectivity index (χ3v) is 5.06. The molecule has 0 radical (unpaired) electrons. The molecule has 0 aliphatic rings. The highest BCUT2D eigenvalue weighted by atomic mass is 32.2. The highest BCUT2D eigenvalue weighted by Crippen LogP contribution is 2.20. The predicted molar refractivity (Wildman–Crippen MR) is 98.3 cm³/mol. The number of halogens is 1. The zero-order valence-corrected chi connectivity index (χ0v) is 15.6. The summed E-state index contributed by atoms with van der Waals surface area (Å²) in [7, 11) is 0.136. The van der Waals surface area contributed by atoms with Crippen LogP contribution in [0.5, 0.6) is 0 Å². The molecule has 140 valence electrons. The van der Waals surface area contributed by atoms with Crippen molar-refractivity contribution in [3.8, 4) is 0 Å². The van der Waals surface area contributed by atoms with Gasteiger partial charge in [-0.05, 0) is 36.4 Å². The number of hydrogen-bond acceptors (Lipinski definition) is 3. The van der Waals surface area contributed by atoms with Crippen molar-refractivity contribution < 1.29 is 22.5 Å². The lowest BCUT2D eigenvalue weighted by molar-refractivity contribution is -0.858. The molecule has 1 amide bonds. The fourth-order valence-electron chi connectivity index (χ4n) is 2.33. The lowest BCUT2D eigenvalue weighted by Crippen LogP contribution is -3.05. The molecule has 0 heterocycles. The molecular formula is C18H23FN3O3S+. The van der Waals surface area contributed by atoms with Gasteiger partial charge in [0.2, 0.25) is 0 Å². The topological polar surface area (TPSA) is 79.7 Å². The summed E-state index contributed by atoms with van der Waals surface area (Å²) in [5.74, 6) is -0.876. The molecule has 0 saturated heterocycles. The number of rotatable bonds is 8. The van der Waals surface area contributed by atoms with E-state index in [1.165, 1.54) is 23.1 Å². The van der Waals surface area contributed by atoms with E-state index < -0.39 is 15.8 Å². The standard InChI is InChI=1S/C18H22FN3O3S/c1-22(2)13-5-12-20-18(23)16-6-3-4-7-17(16)21-26(24,25)15-10-8-14(19)9-11-15/h3-4,6-11,21H,5,12-13H2,1-2H3,(H,20,23)/p+1. The van der Waals surface area contributed by atoms with Gasteiger partial charge in [0.1, 0.15) is 5.82 Å². The summed E-state index contributed by atoms with van der Waals surface area (Å²) in [4.78, 5) is 13.6. The quantitative estimate of drug-likeness (QED) is 0.595. The van der Waals surface area contributed by atoms with Crippen molar-refractivity contribution in [2.75, 3.05) is 31.9 Å². The highest BCUT2D eigenvalue weighted by molar-refractivity contribution is 7.92. The van der Waals surface area contributed by atoms with E-state index in [1.54, 1.807) is 18.2 Å². The molecular weight excluding hydrogens is 357 g/mol. The average molecular weight is 380 g/mol. The van der Waals surface area contributed by atoms with Crippen LogP contribution in [0.1, 0.15) is 16.8 Å². The summed E-state index contributed by atoms with van der Waals surface area (Å²) in [5, 5.41) is 2.79. The minimum absolute atomic E-state index is 0.0805. The number of amides is 1. The number of anilines is 1. The third-order valence-electron chi connectivity index (χ3n) is 3.68. The van der Waals surface area contributed by atoms with E-state index in [4.69, 9.17) is 0 Å². The molecule has 8 heteroatoms. The molecule has 0 aromatic heterocycles. The van der Waals surface area contributed by atoms with Gasteiger partial charge in [-0.15, -0.1) is 0 Å². The van der Waals surface area contributed by atoms with E-state index in [0.29, 0.717) is 6.54 Å². The van der Waals surface area contributed by atoms with Gasteiger partial charge in [0.15, 0.2) is 0 Å². The van der Waals surface area contributed by atoms with E-state index in [-0.39, 0.29) is 22.1 Å². The maximum absolute atomic E-state index is 13.0. The van der Waals surface area contributed by atoms with Gasteiger partial charge in [0.25, 0.3) is 15.9 Å². The number of para-hydroxylation sites is 1. The lowest BCUT2D eigenvalue weighted by atomic mass is 10.1. The van der Waals surface area contributed by atoms with Crippen LogP contribution >= 0.6 is 0 Å². The molecule has 0 atom stereocenters. The predicted octanol–water partition coefficient (Wildman–Crippen LogP) is 0.891. The number of sulfonamides is 1. The van der Waals surface area contributed by atoms with Crippen LogP contribution in [0.2, 0.25) is 0 Å². The third kappa shape index (κ3) is 5.53. The minimum Gasteiger partial charge on any atom is -0.352 e. The van der Waals surface area contributed by atoms with E-state index in [9.17, 15) is 17.6 Å². The van der Waals surface area contributed by atoms with Crippen molar-refractivity contribution in [2.24, 2.45) is 0 Å². The van der Waals surface area contributed by atoms with E-state index in [2.05, 4.69) is 10.0 Å². The number of carbonyl (C=O) groups excluding carboxylic acids is 1. The molecule has 2 aromatic carbocycles. The van der Waals surface area contributed by atoms with Gasteiger partial charge >= 0.3 is 0 Å². The Kier molecular flexibility index (Phi) is 6.70. The van der Waals surface area contributed by atoms with Gasteiger partial charge in [0.05, 0.1) is 36.8 Å². The first kappa shape index (κ1) is 19.9. The monoisotopic (exact) mass is 380 g/mol. The fraction of sp³-hybridized carbons (Fsp3) is 0.278. The molecule has 0 spiro atoms. The van der Waals surface area contributed by atoms with Gasteiger partial charge in [-0.25, -0.2) is 12.8 Å². The maximum atomic E-state index is 13.0. The van der Waals surface area contributed by atoms with Crippen molar-refractivity contribution in [1.82, 2.24) is 5.32 Å². The van der Waals surface area contributed by atoms with Crippen LogP contribution in [0.25, 0.3) is 0 Å². The van der Waals surface area contributed by atoms with Crippen molar-refractivity contribution in [2.45, 2.75) is 11.3 Å². The summed E-state index contributed by atoms with van der Waals surface area (Å²) in [5.41, 5.74) is 0.406. The van der Waals surface area contributed by atoms with Crippen molar-refractivity contribution in [3.05, 3.63) is 59.9 Å². The molecule has 2 rings (SSSR count). The molecule has 0 aliphatic heterocycles. The van der Waals surface area contributed by atoms with Gasteiger partial charge in [-0.1, -0.05) is 12.1 Å². The van der Waals surface area contributed by atoms with E-state index in [0.717, 1.165) is 25.1 Å². The molecule has 0 saturated carbocycles. The minimum atomic E-state index is -3.92. The number of quaternary nitrogens is 1. The smallest absolute Gasteiger partial charge is 0.261 e. The van der Waals surface area contributed by atoms with Crippen molar-refractivity contribution in [1.29, 1.82) is 0 Å². The highest BCUT2D eigenvalue weighted by Gasteiger charge is 2.18. The van der Waals surface area contributed by atoms with Crippen LogP contribution in [0.4, 0.5) is 10.1 Å². The lowest BCUT2D eigenvalue weighted by Gasteiger charge is -2.13. The fourth-order valence-corrected chi connectivity index (χ4v) is 3.41. The number of nitrogens with one attached hydrogen (secondary N) is 3. The Bertz CT molecular complexity index is 852. The van der Waals surface area contributed by atoms with Crippen molar-refractivity contribution >= 4 is 21.6 Å². The van der Waals surface area contributed by atoms with E-state index in [1.807, 2.05) is 14.1 Å². The molecule has 26 heavy (non-hydrogen) atoms. The Labute approximate surface area is 153 Å².